The van der Waals surface area contributed by atoms with Crippen molar-refractivity contribution in [2.45, 2.75) is 38.6 Å². The molecule has 0 spiro atoms. The molecule has 1 atom stereocenters. The maximum atomic E-state index is 5.44. The zero-order valence-corrected chi connectivity index (χ0v) is 16.1. The Morgan fingerprint density at radius 2 is 1.96 bits per heavy atom. The molecule has 5 heteroatoms. The van der Waals surface area contributed by atoms with Crippen LogP contribution in [0, 0.1) is 0 Å². The quantitative estimate of drug-likeness (QED) is 0.638. The van der Waals surface area contributed by atoms with E-state index in [-0.39, 0.29) is 0 Å². The van der Waals surface area contributed by atoms with Crippen LogP contribution in [0.3, 0.4) is 0 Å². The molecule has 0 amide bonds. The average Bonchev–Trinajstić information content (AvgIpc) is 3.14. The Labute approximate surface area is 161 Å². The van der Waals surface area contributed by atoms with Crippen LogP contribution in [-0.2, 0) is 11.3 Å². The van der Waals surface area contributed by atoms with Crippen molar-refractivity contribution in [3.8, 4) is 0 Å². The van der Waals surface area contributed by atoms with Crippen LogP contribution in [0.25, 0.3) is 5.65 Å². The molecule has 1 aliphatic heterocycles. The van der Waals surface area contributed by atoms with E-state index in [2.05, 4.69) is 47.1 Å². The van der Waals surface area contributed by atoms with Gasteiger partial charge in [0, 0.05) is 44.0 Å². The van der Waals surface area contributed by atoms with Crippen LogP contribution in [0.1, 0.15) is 48.9 Å². The number of aromatic nitrogens is 3. The summed E-state index contributed by atoms with van der Waals surface area (Å²) in [7, 11) is 0. The van der Waals surface area contributed by atoms with Crippen molar-refractivity contribution in [2.24, 2.45) is 0 Å². The van der Waals surface area contributed by atoms with E-state index in [1.165, 1.54) is 24.0 Å². The van der Waals surface area contributed by atoms with E-state index in [9.17, 15) is 0 Å². The Kier molecular flexibility index (Phi) is 5.80. The van der Waals surface area contributed by atoms with Crippen LogP contribution in [0.4, 0.5) is 0 Å². The molecule has 0 bridgehead atoms. The molecule has 0 radical (unpaired) electrons. The molecule has 0 saturated carbocycles. The van der Waals surface area contributed by atoms with Crippen LogP contribution < -0.4 is 0 Å². The molecule has 27 heavy (non-hydrogen) atoms. The third-order valence-electron chi connectivity index (χ3n) is 5.35. The second-order valence-corrected chi connectivity index (χ2v) is 7.32. The topological polar surface area (TPSA) is 42.7 Å². The van der Waals surface area contributed by atoms with E-state index in [0.29, 0.717) is 5.92 Å². The Balaban J connectivity index is 1.54. The zero-order valence-electron chi connectivity index (χ0n) is 16.1. The van der Waals surface area contributed by atoms with Gasteiger partial charge in [-0.25, -0.2) is 9.50 Å². The molecule has 1 aliphatic rings. The number of unbranched alkanes of at least 4 members (excludes halogenated alkanes) is 1. The van der Waals surface area contributed by atoms with Gasteiger partial charge in [0.1, 0.15) is 0 Å². The van der Waals surface area contributed by atoms with Gasteiger partial charge in [-0.3, -0.25) is 4.90 Å². The lowest BCUT2D eigenvalue weighted by Crippen LogP contribution is -2.35. The van der Waals surface area contributed by atoms with Crippen molar-refractivity contribution in [3.63, 3.8) is 0 Å². The Hall–Kier alpha value is -2.24. The third kappa shape index (κ3) is 4.37. The molecule has 3 aromatic rings. The fourth-order valence-electron chi connectivity index (χ4n) is 3.79. The first-order valence-electron chi connectivity index (χ1n) is 10.0. The highest BCUT2D eigenvalue weighted by molar-refractivity contribution is 5.42. The summed E-state index contributed by atoms with van der Waals surface area (Å²) in [5.74, 6) is 0.323. The van der Waals surface area contributed by atoms with Crippen molar-refractivity contribution in [2.75, 3.05) is 26.3 Å². The molecular formula is C22H28N4O. The van der Waals surface area contributed by atoms with Crippen LogP contribution in [0.5, 0.6) is 0 Å². The van der Waals surface area contributed by atoms with Gasteiger partial charge in [0.2, 0.25) is 0 Å². The van der Waals surface area contributed by atoms with Gasteiger partial charge >= 0.3 is 0 Å². The number of hydrogen-bond acceptors (Lipinski definition) is 4. The summed E-state index contributed by atoms with van der Waals surface area (Å²) < 4.78 is 7.32. The molecule has 1 aromatic carbocycles. The first-order valence-corrected chi connectivity index (χ1v) is 10.0. The van der Waals surface area contributed by atoms with Crippen molar-refractivity contribution < 1.29 is 4.74 Å². The molecule has 3 heterocycles. The number of fused-ring (bicyclic) bond motifs is 1. The predicted molar refractivity (Wildman–Crippen MR) is 107 cm³/mol. The van der Waals surface area contributed by atoms with Crippen LogP contribution in [-0.4, -0.2) is 45.8 Å². The zero-order chi connectivity index (χ0) is 18.5. The predicted octanol–water partition coefficient (Wildman–Crippen LogP) is 3.88. The lowest BCUT2D eigenvalue weighted by Gasteiger charge is -2.26. The van der Waals surface area contributed by atoms with E-state index in [4.69, 9.17) is 9.84 Å². The fourth-order valence-corrected chi connectivity index (χ4v) is 3.79. The summed E-state index contributed by atoms with van der Waals surface area (Å²) in [4.78, 5) is 6.88. The molecule has 1 saturated heterocycles. The van der Waals surface area contributed by atoms with Gasteiger partial charge in [-0.1, -0.05) is 44.0 Å². The van der Waals surface area contributed by atoms with E-state index >= 15 is 0 Å². The van der Waals surface area contributed by atoms with Crippen LogP contribution in [0.15, 0.2) is 48.8 Å². The summed E-state index contributed by atoms with van der Waals surface area (Å²) in [6.45, 7) is 6.98. The van der Waals surface area contributed by atoms with Gasteiger partial charge in [-0.15, -0.1) is 0 Å². The van der Waals surface area contributed by atoms with E-state index in [1.807, 2.05) is 23.0 Å². The highest BCUT2D eigenvalue weighted by Crippen LogP contribution is 2.30. The molecule has 1 unspecified atom stereocenters. The van der Waals surface area contributed by atoms with E-state index in [1.54, 1.807) is 0 Å². The molecule has 5 nitrogen and oxygen atoms in total. The molecule has 0 aliphatic carbocycles. The van der Waals surface area contributed by atoms with Gasteiger partial charge in [0.25, 0.3) is 0 Å². The van der Waals surface area contributed by atoms with E-state index in [0.717, 1.165) is 50.6 Å². The van der Waals surface area contributed by atoms with Crippen molar-refractivity contribution in [1.29, 1.82) is 0 Å². The standard InChI is InChI=1S/C22H28N4O/c1-2-3-5-20(21-16-22-23-10-4-11-26(22)24-21)19-8-6-18(7-9-19)17-25-12-14-27-15-13-25/h4,6-11,16,20H,2-3,5,12-15,17H2,1H3. The van der Waals surface area contributed by atoms with E-state index < -0.39 is 0 Å². The number of rotatable bonds is 7. The maximum Gasteiger partial charge on any atom is 0.155 e. The normalized spacial score (nSPS) is 16.6. The number of nitrogens with zero attached hydrogens (tertiary/aromatic N) is 4. The summed E-state index contributed by atoms with van der Waals surface area (Å²) >= 11 is 0. The first kappa shape index (κ1) is 18.1. The first-order chi connectivity index (χ1) is 13.3. The number of morpholine rings is 1. The van der Waals surface area contributed by atoms with Crippen molar-refractivity contribution >= 4 is 5.65 Å². The monoisotopic (exact) mass is 364 g/mol. The molecule has 1 fully saturated rings. The van der Waals surface area contributed by atoms with Crippen molar-refractivity contribution in [1.82, 2.24) is 19.5 Å². The second-order valence-electron chi connectivity index (χ2n) is 7.32. The van der Waals surface area contributed by atoms with Gasteiger partial charge in [0.05, 0.1) is 18.9 Å². The van der Waals surface area contributed by atoms with Crippen molar-refractivity contribution in [3.05, 3.63) is 65.6 Å². The number of ether oxygens (including phenoxy) is 1. The minimum atomic E-state index is 0.323. The number of hydrogen-bond donors (Lipinski definition) is 0. The smallest absolute Gasteiger partial charge is 0.155 e. The van der Waals surface area contributed by atoms with Gasteiger partial charge in [0.15, 0.2) is 5.65 Å². The highest BCUT2D eigenvalue weighted by atomic mass is 16.5. The number of benzene rings is 1. The lowest BCUT2D eigenvalue weighted by molar-refractivity contribution is 0.0342. The Morgan fingerprint density at radius 3 is 2.70 bits per heavy atom. The molecular weight excluding hydrogens is 336 g/mol. The molecule has 0 N–H and O–H groups in total. The Morgan fingerprint density at radius 1 is 1.15 bits per heavy atom. The van der Waals surface area contributed by atoms with Gasteiger partial charge < -0.3 is 4.74 Å². The average molecular weight is 364 g/mol. The second kappa shape index (κ2) is 8.63. The lowest BCUT2D eigenvalue weighted by atomic mass is 9.90. The maximum absolute atomic E-state index is 5.44. The van der Waals surface area contributed by atoms with Crippen LogP contribution in [0.2, 0.25) is 0 Å². The summed E-state index contributed by atoms with van der Waals surface area (Å²) in [6.07, 6.45) is 7.29. The van der Waals surface area contributed by atoms with Gasteiger partial charge in [-0.2, -0.15) is 5.10 Å². The minimum Gasteiger partial charge on any atom is -0.379 e. The summed E-state index contributed by atoms with van der Waals surface area (Å²) in [5, 5.41) is 4.79. The SMILES string of the molecule is CCCCC(c1ccc(CN2CCOCC2)cc1)c1cc2ncccn2n1. The fraction of sp³-hybridized carbons (Fsp3) is 0.455. The third-order valence-corrected chi connectivity index (χ3v) is 5.35. The largest absolute Gasteiger partial charge is 0.379 e. The summed E-state index contributed by atoms with van der Waals surface area (Å²) in [5.41, 5.74) is 4.74. The minimum absolute atomic E-state index is 0.323. The summed E-state index contributed by atoms with van der Waals surface area (Å²) in [6, 6.07) is 13.2. The molecule has 142 valence electrons. The van der Waals surface area contributed by atoms with Crippen LogP contribution >= 0.6 is 0 Å². The van der Waals surface area contributed by atoms with Gasteiger partial charge in [-0.05, 0) is 23.6 Å². The Bertz CT molecular complexity index is 819. The highest BCUT2D eigenvalue weighted by Gasteiger charge is 2.18. The molecule has 4 rings (SSSR count). The molecule has 2 aromatic heterocycles.